The molecule has 120 valence electrons. The molecule has 0 heterocycles. The molecule has 0 saturated heterocycles. The summed E-state index contributed by atoms with van der Waals surface area (Å²) in [5, 5.41) is 9.81. The minimum Gasteiger partial charge on any atom is -0.481 e. The fraction of sp³-hybridized carbons (Fsp3) is 0.833. The van der Waals surface area contributed by atoms with E-state index in [0.29, 0.717) is 24.3 Å². The van der Waals surface area contributed by atoms with Crippen molar-refractivity contribution in [2.45, 2.75) is 53.9 Å². The molecule has 3 heteroatoms. The molecule has 2 rings (SSSR count). The van der Waals surface area contributed by atoms with Crippen molar-refractivity contribution in [1.82, 2.24) is 0 Å². The second-order valence-electron chi connectivity index (χ2n) is 8.32. The van der Waals surface area contributed by atoms with Gasteiger partial charge in [-0.1, -0.05) is 46.3 Å². The van der Waals surface area contributed by atoms with E-state index >= 15 is 0 Å². The van der Waals surface area contributed by atoms with Crippen LogP contribution in [0.2, 0.25) is 0 Å². The molecule has 0 radical (unpaired) electrons. The van der Waals surface area contributed by atoms with Crippen LogP contribution in [0.25, 0.3) is 0 Å². The molecule has 0 bridgehead atoms. The number of carbonyl (C=O) groups is 1. The average Bonchev–Trinajstić information content (AvgIpc) is 2.71. The highest BCUT2D eigenvalue weighted by atomic mass is 16.4. The van der Waals surface area contributed by atoms with Crippen molar-refractivity contribution in [3.05, 3.63) is 11.6 Å². The third-order valence-corrected chi connectivity index (χ3v) is 6.02. The second kappa shape index (κ2) is 5.42. The van der Waals surface area contributed by atoms with Gasteiger partial charge in [0.1, 0.15) is 0 Å². The highest BCUT2D eigenvalue weighted by Crippen LogP contribution is 2.64. The molecular formula is C18H31NO2. The Morgan fingerprint density at radius 3 is 2.57 bits per heavy atom. The van der Waals surface area contributed by atoms with E-state index in [2.05, 4.69) is 19.9 Å². The Labute approximate surface area is 129 Å². The predicted molar refractivity (Wildman–Crippen MR) is 85.8 cm³/mol. The number of rotatable bonds is 5. The molecule has 0 aromatic carbocycles. The van der Waals surface area contributed by atoms with Gasteiger partial charge in [-0.2, -0.15) is 0 Å². The second-order valence-corrected chi connectivity index (χ2v) is 8.32. The molecule has 1 fully saturated rings. The lowest BCUT2D eigenvalue weighted by Crippen LogP contribution is -2.59. The molecule has 3 N–H and O–H groups in total. The Morgan fingerprint density at radius 2 is 2.14 bits per heavy atom. The van der Waals surface area contributed by atoms with Crippen LogP contribution in [0.1, 0.15) is 53.9 Å². The lowest BCUT2D eigenvalue weighted by atomic mass is 9.46. The van der Waals surface area contributed by atoms with Gasteiger partial charge in [0.05, 0.1) is 5.92 Å². The molecule has 0 aromatic rings. The van der Waals surface area contributed by atoms with Gasteiger partial charge in [0.15, 0.2) is 0 Å². The first kappa shape index (κ1) is 16.5. The van der Waals surface area contributed by atoms with Crippen molar-refractivity contribution in [3.8, 4) is 0 Å². The summed E-state index contributed by atoms with van der Waals surface area (Å²) < 4.78 is 0. The lowest BCUT2D eigenvalue weighted by molar-refractivity contribution is -0.166. The summed E-state index contributed by atoms with van der Waals surface area (Å²) in [6.45, 7) is 11.1. The molecule has 21 heavy (non-hydrogen) atoms. The summed E-state index contributed by atoms with van der Waals surface area (Å²) in [5.74, 6) is 0.554. The van der Waals surface area contributed by atoms with Crippen molar-refractivity contribution in [2.24, 2.45) is 40.2 Å². The highest BCUT2D eigenvalue weighted by molar-refractivity contribution is 5.72. The van der Waals surface area contributed by atoms with Gasteiger partial charge in [0.2, 0.25) is 0 Å². The van der Waals surface area contributed by atoms with Gasteiger partial charge in [-0.05, 0) is 49.0 Å². The number of allylic oxidation sites excluding steroid dienone is 2. The zero-order chi connectivity index (χ0) is 16.0. The monoisotopic (exact) mass is 293 g/mol. The van der Waals surface area contributed by atoms with Crippen molar-refractivity contribution in [3.63, 3.8) is 0 Å². The van der Waals surface area contributed by atoms with Gasteiger partial charge in [-0.3, -0.25) is 4.79 Å². The number of carboxylic acid groups (broad SMARTS) is 1. The van der Waals surface area contributed by atoms with Gasteiger partial charge in [0.25, 0.3) is 0 Å². The van der Waals surface area contributed by atoms with Crippen molar-refractivity contribution >= 4 is 5.97 Å². The Bertz CT molecular complexity index is 449. The van der Waals surface area contributed by atoms with Crippen molar-refractivity contribution < 1.29 is 9.90 Å². The number of fused-ring (bicyclic) bond motifs is 1. The minimum atomic E-state index is -0.684. The zero-order valence-electron chi connectivity index (χ0n) is 14.1. The molecule has 2 aliphatic rings. The van der Waals surface area contributed by atoms with Gasteiger partial charge < -0.3 is 10.8 Å². The molecule has 0 spiro atoms. The van der Waals surface area contributed by atoms with E-state index in [1.165, 1.54) is 5.57 Å². The van der Waals surface area contributed by atoms with Crippen LogP contribution in [0, 0.1) is 34.5 Å². The maximum absolute atomic E-state index is 11.9. The fourth-order valence-corrected chi connectivity index (χ4v) is 4.92. The van der Waals surface area contributed by atoms with Crippen LogP contribution in [0.15, 0.2) is 11.6 Å². The van der Waals surface area contributed by atoms with Crippen LogP contribution in [-0.4, -0.2) is 17.6 Å². The first-order valence-electron chi connectivity index (χ1n) is 8.30. The highest BCUT2D eigenvalue weighted by Gasteiger charge is 2.62. The van der Waals surface area contributed by atoms with Gasteiger partial charge >= 0.3 is 5.97 Å². The summed E-state index contributed by atoms with van der Waals surface area (Å²) in [4.78, 5) is 11.9. The molecule has 0 amide bonds. The van der Waals surface area contributed by atoms with E-state index in [-0.39, 0.29) is 16.7 Å². The lowest BCUT2D eigenvalue weighted by Gasteiger charge is -2.58. The van der Waals surface area contributed by atoms with Crippen LogP contribution < -0.4 is 5.73 Å². The zero-order valence-corrected chi connectivity index (χ0v) is 14.1. The van der Waals surface area contributed by atoms with Crippen LogP contribution >= 0.6 is 0 Å². The van der Waals surface area contributed by atoms with E-state index < -0.39 is 5.97 Å². The summed E-state index contributed by atoms with van der Waals surface area (Å²) in [6, 6.07) is 0. The summed E-state index contributed by atoms with van der Waals surface area (Å²) >= 11 is 0. The molecule has 1 saturated carbocycles. The van der Waals surface area contributed by atoms with E-state index in [4.69, 9.17) is 5.73 Å². The van der Waals surface area contributed by atoms with Crippen LogP contribution in [0.4, 0.5) is 0 Å². The van der Waals surface area contributed by atoms with Crippen LogP contribution in [0.3, 0.4) is 0 Å². The maximum atomic E-state index is 11.9. The number of hydrogen-bond acceptors (Lipinski definition) is 2. The molecule has 2 aliphatic carbocycles. The van der Waals surface area contributed by atoms with Crippen molar-refractivity contribution in [1.29, 1.82) is 0 Å². The van der Waals surface area contributed by atoms with Gasteiger partial charge in [0, 0.05) is 5.41 Å². The molecular weight excluding hydrogens is 262 g/mol. The predicted octanol–water partition coefficient (Wildman–Crippen LogP) is 3.69. The molecule has 3 nitrogen and oxygen atoms in total. The Kier molecular flexibility index (Phi) is 4.27. The SMILES string of the molecule is CCC(C)C1=C[C@H]2[C@H](C1)C[C@@]2(CN)C(C(=O)O)C(C)(C)C. The summed E-state index contributed by atoms with van der Waals surface area (Å²) in [5.41, 5.74) is 7.14. The number of aliphatic carboxylic acids is 1. The Balaban J connectivity index is 2.33. The maximum Gasteiger partial charge on any atom is 0.307 e. The fourth-order valence-electron chi connectivity index (χ4n) is 4.92. The quantitative estimate of drug-likeness (QED) is 0.760. The smallest absolute Gasteiger partial charge is 0.307 e. The third-order valence-electron chi connectivity index (χ3n) is 6.02. The Hall–Kier alpha value is -0.830. The van der Waals surface area contributed by atoms with Crippen LogP contribution in [-0.2, 0) is 4.79 Å². The van der Waals surface area contributed by atoms with Gasteiger partial charge in [-0.15, -0.1) is 0 Å². The van der Waals surface area contributed by atoms with E-state index in [9.17, 15) is 9.90 Å². The van der Waals surface area contributed by atoms with E-state index in [1.807, 2.05) is 20.8 Å². The van der Waals surface area contributed by atoms with Crippen molar-refractivity contribution in [2.75, 3.05) is 6.54 Å². The van der Waals surface area contributed by atoms with Crippen LogP contribution in [0.5, 0.6) is 0 Å². The molecule has 0 aliphatic heterocycles. The molecule has 0 aromatic heterocycles. The summed E-state index contributed by atoms with van der Waals surface area (Å²) in [7, 11) is 0. The minimum absolute atomic E-state index is 0.246. The number of nitrogens with two attached hydrogens (primary N) is 1. The van der Waals surface area contributed by atoms with E-state index in [0.717, 1.165) is 19.3 Å². The standard InChI is InChI=1S/C18H31NO2/c1-6-11(2)12-7-13-9-18(10-19,14(13)8-12)15(16(20)21)17(3,4)5/h8,11,13-15H,6-7,9-10,19H2,1-5H3,(H,20,21)/t11?,13-,14+,15?,18+/m1/s1. The number of hydrogen-bond donors (Lipinski definition) is 2. The normalized spacial score (nSPS) is 34.7. The summed E-state index contributed by atoms with van der Waals surface area (Å²) in [6.07, 6.45) is 5.66. The first-order valence-corrected chi connectivity index (χ1v) is 8.30. The topological polar surface area (TPSA) is 63.3 Å². The average molecular weight is 293 g/mol. The third kappa shape index (κ3) is 2.54. The van der Waals surface area contributed by atoms with E-state index in [1.54, 1.807) is 0 Å². The first-order chi connectivity index (χ1) is 9.67. The number of carboxylic acids is 1. The molecule has 2 unspecified atom stereocenters. The Morgan fingerprint density at radius 1 is 1.52 bits per heavy atom. The largest absolute Gasteiger partial charge is 0.481 e. The molecule has 5 atom stereocenters. The van der Waals surface area contributed by atoms with Gasteiger partial charge in [-0.25, -0.2) is 0 Å².